The summed E-state index contributed by atoms with van der Waals surface area (Å²) in [5.74, 6) is -1.09. The summed E-state index contributed by atoms with van der Waals surface area (Å²) in [6, 6.07) is 0.609. The van der Waals surface area contributed by atoms with Gasteiger partial charge in [0.2, 0.25) is 0 Å². The first-order chi connectivity index (χ1) is 11.3. The number of halogens is 2. The molecule has 0 bridgehead atoms. The Bertz CT molecular complexity index is 640. The van der Waals surface area contributed by atoms with Crippen molar-refractivity contribution in [3.8, 4) is 0 Å². The summed E-state index contributed by atoms with van der Waals surface area (Å²) in [6.07, 6.45) is -1.61. The van der Waals surface area contributed by atoms with Crippen LogP contribution in [0.5, 0.6) is 0 Å². The SMILES string of the molecule is CCCC(C(=O)O)n1nc(CCN2C[C@H](F)[C@@H](F)C2)cc(C)c1=O. The van der Waals surface area contributed by atoms with Gasteiger partial charge in [0.05, 0.1) is 5.69 Å². The van der Waals surface area contributed by atoms with Gasteiger partial charge in [-0.2, -0.15) is 5.10 Å². The standard InChI is InChI=1S/C16H23F2N3O3/c1-3-4-14(16(23)24)21-15(22)10(2)7-11(19-21)5-6-20-8-12(17)13(18)9-20/h7,12-14H,3-6,8-9H2,1-2H3,(H,23,24)/t12-,13-,14?/m0/s1. The predicted molar refractivity (Wildman–Crippen MR) is 84.8 cm³/mol. The molecule has 1 N–H and O–H groups in total. The Morgan fingerprint density at radius 3 is 2.58 bits per heavy atom. The number of aromatic nitrogens is 2. The molecule has 0 aliphatic carbocycles. The van der Waals surface area contributed by atoms with Gasteiger partial charge in [-0.1, -0.05) is 13.3 Å². The Hall–Kier alpha value is -1.83. The second kappa shape index (κ2) is 7.83. The number of carboxylic acid groups (broad SMARTS) is 1. The molecule has 2 heterocycles. The second-order valence-corrected chi connectivity index (χ2v) is 6.25. The van der Waals surface area contributed by atoms with Crippen molar-refractivity contribution >= 4 is 5.97 Å². The number of likely N-dealkylation sites (tertiary alicyclic amines) is 1. The number of hydrogen-bond acceptors (Lipinski definition) is 4. The van der Waals surface area contributed by atoms with Crippen molar-refractivity contribution in [2.24, 2.45) is 0 Å². The van der Waals surface area contributed by atoms with Gasteiger partial charge < -0.3 is 5.11 Å². The molecule has 134 valence electrons. The Balaban J connectivity index is 2.17. The molecular formula is C16H23F2N3O3. The van der Waals surface area contributed by atoms with Crippen LogP contribution in [0, 0.1) is 6.92 Å². The van der Waals surface area contributed by atoms with Crippen molar-refractivity contribution in [2.45, 2.75) is 51.5 Å². The maximum Gasteiger partial charge on any atom is 0.328 e. The van der Waals surface area contributed by atoms with Gasteiger partial charge in [0.25, 0.3) is 5.56 Å². The first kappa shape index (κ1) is 18.5. The number of hydrogen-bond donors (Lipinski definition) is 1. The van der Waals surface area contributed by atoms with Crippen LogP contribution in [-0.2, 0) is 11.2 Å². The zero-order valence-electron chi connectivity index (χ0n) is 13.9. The Labute approximate surface area is 139 Å². The molecule has 8 heteroatoms. The average molecular weight is 343 g/mol. The van der Waals surface area contributed by atoms with Crippen molar-refractivity contribution in [1.82, 2.24) is 14.7 Å². The summed E-state index contributed by atoms with van der Waals surface area (Å²) in [4.78, 5) is 25.3. The Morgan fingerprint density at radius 1 is 1.42 bits per heavy atom. The van der Waals surface area contributed by atoms with E-state index in [0.29, 0.717) is 37.1 Å². The Kier molecular flexibility index (Phi) is 6.04. The third-order valence-corrected chi connectivity index (χ3v) is 4.25. The summed E-state index contributed by atoms with van der Waals surface area (Å²) in [5.41, 5.74) is 0.538. The zero-order chi connectivity index (χ0) is 17.9. The highest BCUT2D eigenvalue weighted by atomic mass is 19.2. The summed E-state index contributed by atoms with van der Waals surface area (Å²) in [5, 5.41) is 13.5. The van der Waals surface area contributed by atoms with Crippen LogP contribution in [0.4, 0.5) is 8.78 Å². The van der Waals surface area contributed by atoms with Gasteiger partial charge in [0.15, 0.2) is 6.04 Å². The van der Waals surface area contributed by atoms with Crippen LogP contribution in [-0.4, -0.2) is 57.7 Å². The molecule has 1 aliphatic heterocycles. The van der Waals surface area contributed by atoms with Crippen LogP contribution < -0.4 is 5.56 Å². The summed E-state index contributed by atoms with van der Waals surface area (Å²) in [7, 11) is 0. The second-order valence-electron chi connectivity index (χ2n) is 6.25. The fourth-order valence-corrected chi connectivity index (χ4v) is 2.91. The molecule has 0 amide bonds. The van der Waals surface area contributed by atoms with E-state index in [1.165, 1.54) is 0 Å². The van der Waals surface area contributed by atoms with Gasteiger partial charge in [0.1, 0.15) is 12.3 Å². The van der Waals surface area contributed by atoms with E-state index in [4.69, 9.17) is 0 Å². The van der Waals surface area contributed by atoms with E-state index < -0.39 is 29.9 Å². The lowest BCUT2D eigenvalue weighted by molar-refractivity contribution is -0.141. The van der Waals surface area contributed by atoms with Crippen molar-refractivity contribution in [3.05, 3.63) is 27.7 Å². The van der Waals surface area contributed by atoms with E-state index in [-0.39, 0.29) is 13.1 Å². The minimum Gasteiger partial charge on any atom is -0.480 e. The number of carboxylic acids is 1. The molecule has 3 atom stereocenters. The van der Waals surface area contributed by atoms with Crippen molar-refractivity contribution in [2.75, 3.05) is 19.6 Å². The first-order valence-corrected chi connectivity index (χ1v) is 8.16. The largest absolute Gasteiger partial charge is 0.480 e. The van der Waals surface area contributed by atoms with E-state index in [0.717, 1.165) is 4.68 Å². The van der Waals surface area contributed by atoms with Crippen LogP contribution >= 0.6 is 0 Å². The predicted octanol–water partition coefficient (Wildman–Crippen LogP) is 1.51. The summed E-state index contributed by atoms with van der Waals surface area (Å²) < 4.78 is 27.4. The van der Waals surface area contributed by atoms with E-state index in [9.17, 15) is 23.5 Å². The normalized spacial score (nSPS) is 22.7. The van der Waals surface area contributed by atoms with Gasteiger partial charge in [0, 0.05) is 31.6 Å². The molecule has 1 aromatic heterocycles. The van der Waals surface area contributed by atoms with Crippen molar-refractivity contribution in [3.63, 3.8) is 0 Å². The third-order valence-electron chi connectivity index (χ3n) is 4.25. The van der Waals surface area contributed by atoms with Crippen LogP contribution in [0.2, 0.25) is 0 Å². The maximum absolute atomic E-state index is 13.2. The molecule has 24 heavy (non-hydrogen) atoms. The van der Waals surface area contributed by atoms with E-state index >= 15 is 0 Å². The van der Waals surface area contributed by atoms with Crippen LogP contribution in [0.15, 0.2) is 10.9 Å². The topological polar surface area (TPSA) is 75.4 Å². The number of alkyl halides is 2. The number of rotatable bonds is 7. The van der Waals surface area contributed by atoms with Gasteiger partial charge in [-0.25, -0.2) is 18.3 Å². The third kappa shape index (κ3) is 4.17. The molecular weight excluding hydrogens is 320 g/mol. The molecule has 6 nitrogen and oxygen atoms in total. The van der Waals surface area contributed by atoms with Crippen molar-refractivity contribution in [1.29, 1.82) is 0 Å². The maximum atomic E-state index is 13.2. The molecule has 0 aromatic carbocycles. The monoisotopic (exact) mass is 343 g/mol. The van der Waals surface area contributed by atoms with Gasteiger partial charge in [-0.05, 0) is 19.4 Å². The summed E-state index contributed by atoms with van der Waals surface area (Å²) in [6.45, 7) is 3.96. The van der Waals surface area contributed by atoms with Crippen LogP contribution in [0.25, 0.3) is 0 Å². The number of aliphatic carboxylic acids is 1. The van der Waals surface area contributed by atoms with Crippen LogP contribution in [0.1, 0.15) is 37.1 Å². The van der Waals surface area contributed by atoms with E-state index in [1.54, 1.807) is 17.9 Å². The number of nitrogens with zero attached hydrogens (tertiary/aromatic N) is 3. The Morgan fingerprint density at radius 2 is 2.04 bits per heavy atom. The molecule has 0 saturated carbocycles. The lowest BCUT2D eigenvalue weighted by Crippen LogP contribution is -2.34. The van der Waals surface area contributed by atoms with Crippen molar-refractivity contribution < 1.29 is 18.7 Å². The van der Waals surface area contributed by atoms with E-state index in [2.05, 4.69) is 5.10 Å². The molecule has 0 radical (unpaired) electrons. The highest BCUT2D eigenvalue weighted by Gasteiger charge is 2.32. The number of carbonyl (C=O) groups is 1. The molecule has 2 rings (SSSR count). The highest BCUT2D eigenvalue weighted by Crippen LogP contribution is 2.17. The lowest BCUT2D eigenvalue weighted by Gasteiger charge is -2.17. The van der Waals surface area contributed by atoms with Gasteiger partial charge >= 0.3 is 5.97 Å². The zero-order valence-corrected chi connectivity index (χ0v) is 13.9. The molecule has 1 aliphatic rings. The minimum atomic E-state index is -1.46. The number of aryl methyl sites for hydroxylation is 1. The minimum absolute atomic E-state index is 0.0490. The average Bonchev–Trinajstić information content (AvgIpc) is 2.84. The fourth-order valence-electron chi connectivity index (χ4n) is 2.91. The summed E-state index contributed by atoms with van der Waals surface area (Å²) >= 11 is 0. The first-order valence-electron chi connectivity index (χ1n) is 8.16. The molecule has 0 spiro atoms. The van der Waals surface area contributed by atoms with Crippen LogP contribution in [0.3, 0.4) is 0 Å². The quantitative estimate of drug-likeness (QED) is 0.812. The molecule has 1 saturated heterocycles. The van der Waals surface area contributed by atoms with E-state index in [1.807, 2.05) is 6.92 Å². The highest BCUT2D eigenvalue weighted by molar-refractivity contribution is 5.71. The molecule has 1 fully saturated rings. The molecule has 1 unspecified atom stereocenters. The smallest absolute Gasteiger partial charge is 0.328 e. The van der Waals surface area contributed by atoms with Gasteiger partial charge in [-0.3, -0.25) is 9.69 Å². The fraction of sp³-hybridized carbons (Fsp3) is 0.688. The van der Waals surface area contributed by atoms with Gasteiger partial charge in [-0.15, -0.1) is 0 Å². The molecule has 1 aromatic rings. The lowest BCUT2D eigenvalue weighted by atomic mass is 10.1.